The normalized spacial score (nSPS) is 20.1. The van der Waals surface area contributed by atoms with Crippen molar-refractivity contribution in [2.75, 3.05) is 23.7 Å². The van der Waals surface area contributed by atoms with Gasteiger partial charge in [-0.25, -0.2) is 4.98 Å². The van der Waals surface area contributed by atoms with Crippen LogP contribution in [0.5, 0.6) is 0 Å². The van der Waals surface area contributed by atoms with E-state index in [1.807, 2.05) is 0 Å². The molecule has 1 aliphatic heterocycles. The van der Waals surface area contributed by atoms with Crippen molar-refractivity contribution >= 4 is 49.1 Å². The van der Waals surface area contributed by atoms with Crippen molar-refractivity contribution in [3.05, 3.63) is 15.3 Å². The Balaban J connectivity index is 2.41. The fourth-order valence-corrected chi connectivity index (χ4v) is 2.72. The van der Waals surface area contributed by atoms with Crippen LogP contribution in [0.2, 0.25) is 0 Å². The van der Waals surface area contributed by atoms with E-state index in [1.54, 1.807) is 11.1 Å². The molecular weight excluding hydrogens is 352 g/mol. The molecule has 0 aliphatic carbocycles. The van der Waals surface area contributed by atoms with Gasteiger partial charge >= 0.3 is 0 Å². The van der Waals surface area contributed by atoms with E-state index in [9.17, 15) is 4.79 Å². The second-order valence-electron chi connectivity index (χ2n) is 3.97. The van der Waals surface area contributed by atoms with Gasteiger partial charge in [0.15, 0.2) is 0 Å². The van der Waals surface area contributed by atoms with E-state index in [0.717, 1.165) is 0 Å². The summed E-state index contributed by atoms with van der Waals surface area (Å²) in [6.07, 6.45) is 2.10. The Kier molecular flexibility index (Phi) is 3.70. The number of nitrogens with two attached hydrogens (primary N) is 2. The number of hydrogen-bond acceptors (Lipinski definition) is 4. The lowest BCUT2D eigenvalue weighted by Gasteiger charge is -2.20. The Morgan fingerprint density at radius 2 is 2.24 bits per heavy atom. The van der Waals surface area contributed by atoms with E-state index in [-0.39, 0.29) is 11.8 Å². The Morgan fingerprint density at radius 1 is 1.53 bits per heavy atom. The molecule has 5 nitrogen and oxygen atoms in total. The number of carbonyl (C=O) groups is 1. The molecule has 1 amide bonds. The fourth-order valence-electron chi connectivity index (χ4n) is 1.90. The monoisotopic (exact) mass is 362 g/mol. The molecule has 4 N–H and O–H groups in total. The van der Waals surface area contributed by atoms with Crippen molar-refractivity contribution in [3.8, 4) is 0 Å². The molecule has 1 aromatic heterocycles. The van der Waals surface area contributed by atoms with Crippen LogP contribution in [-0.2, 0) is 4.79 Å². The Morgan fingerprint density at radius 3 is 2.82 bits per heavy atom. The van der Waals surface area contributed by atoms with Gasteiger partial charge < -0.3 is 16.4 Å². The van der Waals surface area contributed by atoms with Crippen molar-refractivity contribution in [2.24, 2.45) is 11.7 Å². The lowest BCUT2D eigenvalue weighted by atomic mass is 10.1. The lowest BCUT2D eigenvalue weighted by molar-refractivity contribution is -0.117. The third kappa shape index (κ3) is 2.31. The number of hydrogen-bond donors (Lipinski definition) is 2. The van der Waals surface area contributed by atoms with Gasteiger partial charge in [-0.05, 0) is 44.3 Å². The summed E-state index contributed by atoms with van der Waals surface area (Å²) in [6, 6.07) is 0. The number of aromatic nitrogens is 1. The molecule has 2 heterocycles. The molecule has 0 bridgehead atoms. The zero-order valence-corrected chi connectivity index (χ0v) is 12.2. The molecule has 1 saturated heterocycles. The van der Waals surface area contributed by atoms with Gasteiger partial charge in [0.1, 0.15) is 4.60 Å². The van der Waals surface area contributed by atoms with Crippen LogP contribution in [0.4, 0.5) is 11.4 Å². The number of rotatable bonds is 2. The molecule has 17 heavy (non-hydrogen) atoms. The van der Waals surface area contributed by atoms with Crippen LogP contribution < -0.4 is 16.4 Å². The van der Waals surface area contributed by atoms with Crippen LogP contribution in [-0.4, -0.2) is 24.0 Å². The molecule has 1 atom stereocenters. The first-order valence-electron chi connectivity index (χ1n) is 5.14. The SMILES string of the molecule is NCC1CC(=O)N(c2c(Br)cnc(Br)c2N)C1. The summed E-state index contributed by atoms with van der Waals surface area (Å²) in [7, 11) is 0. The van der Waals surface area contributed by atoms with Crippen molar-refractivity contribution < 1.29 is 4.79 Å². The van der Waals surface area contributed by atoms with Crippen LogP contribution in [0.25, 0.3) is 0 Å². The van der Waals surface area contributed by atoms with Gasteiger partial charge in [0.2, 0.25) is 5.91 Å². The van der Waals surface area contributed by atoms with Crippen LogP contribution in [0.3, 0.4) is 0 Å². The van der Waals surface area contributed by atoms with Gasteiger partial charge in [-0.15, -0.1) is 0 Å². The number of nitrogens with zero attached hydrogens (tertiary/aromatic N) is 2. The van der Waals surface area contributed by atoms with E-state index in [1.165, 1.54) is 0 Å². The smallest absolute Gasteiger partial charge is 0.227 e. The highest BCUT2D eigenvalue weighted by molar-refractivity contribution is 9.11. The molecule has 1 unspecified atom stereocenters. The van der Waals surface area contributed by atoms with Crippen LogP contribution in [0, 0.1) is 5.92 Å². The quantitative estimate of drug-likeness (QED) is 0.779. The van der Waals surface area contributed by atoms with Crippen molar-refractivity contribution in [1.82, 2.24) is 4.98 Å². The standard InChI is InChI=1S/C10H12Br2N4O/c11-6-3-15-10(12)8(14)9(6)16-4-5(2-13)1-7(16)17/h3,5H,1-2,4,13-14H2. The highest BCUT2D eigenvalue weighted by atomic mass is 79.9. The van der Waals surface area contributed by atoms with E-state index in [4.69, 9.17) is 11.5 Å². The number of nitrogen functional groups attached to an aromatic ring is 1. The average Bonchev–Trinajstić information content (AvgIpc) is 2.66. The van der Waals surface area contributed by atoms with E-state index in [0.29, 0.717) is 40.0 Å². The molecule has 0 spiro atoms. The zero-order chi connectivity index (χ0) is 12.6. The Labute approximate surface area is 116 Å². The molecule has 0 radical (unpaired) electrons. The highest BCUT2D eigenvalue weighted by Crippen LogP contribution is 2.38. The zero-order valence-electron chi connectivity index (χ0n) is 8.99. The number of carbonyl (C=O) groups excluding carboxylic acids is 1. The largest absolute Gasteiger partial charge is 0.395 e. The van der Waals surface area contributed by atoms with Crippen molar-refractivity contribution in [2.45, 2.75) is 6.42 Å². The summed E-state index contributed by atoms with van der Waals surface area (Å²) in [5.41, 5.74) is 12.7. The minimum absolute atomic E-state index is 0.0472. The van der Waals surface area contributed by atoms with Crippen LogP contribution in [0.1, 0.15) is 6.42 Å². The molecular formula is C10H12Br2N4O. The average molecular weight is 364 g/mol. The van der Waals surface area contributed by atoms with Crippen molar-refractivity contribution in [1.29, 1.82) is 0 Å². The van der Waals surface area contributed by atoms with Gasteiger partial charge in [-0.1, -0.05) is 0 Å². The summed E-state index contributed by atoms with van der Waals surface area (Å²) in [4.78, 5) is 17.6. The number of halogens is 2. The molecule has 1 fully saturated rings. The van der Waals surface area contributed by atoms with Crippen LogP contribution in [0.15, 0.2) is 15.3 Å². The second-order valence-corrected chi connectivity index (χ2v) is 5.57. The summed E-state index contributed by atoms with van der Waals surface area (Å²) in [6.45, 7) is 1.11. The maximum atomic E-state index is 11.9. The van der Waals surface area contributed by atoms with Gasteiger partial charge in [-0.2, -0.15) is 0 Å². The summed E-state index contributed by atoms with van der Waals surface area (Å²) in [5, 5.41) is 0. The first-order chi connectivity index (χ1) is 8.04. The van der Waals surface area contributed by atoms with Crippen molar-refractivity contribution in [3.63, 3.8) is 0 Å². The summed E-state index contributed by atoms with van der Waals surface area (Å²) < 4.78 is 1.25. The molecule has 1 aromatic rings. The van der Waals surface area contributed by atoms with E-state index >= 15 is 0 Å². The Hall–Kier alpha value is -0.660. The second kappa shape index (κ2) is 4.91. The predicted octanol–water partition coefficient (Wildman–Crippen LogP) is 1.50. The Bertz CT molecular complexity index is 466. The maximum absolute atomic E-state index is 11.9. The molecule has 2 rings (SSSR count). The van der Waals surface area contributed by atoms with Gasteiger partial charge in [0, 0.05) is 19.2 Å². The molecule has 1 aliphatic rings. The van der Waals surface area contributed by atoms with E-state index in [2.05, 4.69) is 36.8 Å². The molecule has 92 valence electrons. The van der Waals surface area contributed by atoms with Gasteiger partial charge in [0.05, 0.1) is 15.8 Å². The molecule has 0 saturated carbocycles. The van der Waals surface area contributed by atoms with Gasteiger partial charge in [-0.3, -0.25) is 4.79 Å². The summed E-state index contributed by atoms with van der Waals surface area (Å²) in [5.74, 6) is 0.242. The molecule has 7 heteroatoms. The minimum Gasteiger partial charge on any atom is -0.395 e. The number of anilines is 2. The predicted molar refractivity (Wildman–Crippen MR) is 73.6 cm³/mol. The highest BCUT2D eigenvalue weighted by Gasteiger charge is 2.32. The fraction of sp³-hybridized carbons (Fsp3) is 0.400. The van der Waals surface area contributed by atoms with Crippen LogP contribution >= 0.6 is 31.9 Å². The van der Waals surface area contributed by atoms with Gasteiger partial charge in [0.25, 0.3) is 0 Å². The molecule has 0 aromatic carbocycles. The third-order valence-corrected chi connectivity index (χ3v) is 4.02. The first kappa shape index (κ1) is 12.8. The minimum atomic E-state index is 0.0472. The number of amides is 1. The third-order valence-electron chi connectivity index (χ3n) is 2.80. The topological polar surface area (TPSA) is 85.2 Å². The lowest BCUT2D eigenvalue weighted by Crippen LogP contribution is -2.27. The number of pyridine rings is 1. The summed E-state index contributed by atoms with van der Waals surface area (Å²) >= 11 is 6.63. The maximum Gasteiger partial charge on any atom is 0.227 e. The first-order valence-corrected chi connectivity index (χ1v) is 6.73. The van der Waals surface area contributed by atoms with E-state index < -0.39 is 0 Å².